The Bertz CT molecular complexity index is 785. The van der Waals surface area contributed by atoms with E-state index in [-0.39, 0.29) is 0 Å². The van der Waals surface area contributed by atoms with E-state index in [1.54, 1.807) is 24.5 Å². The van der Waals surface area contributed by atoms with Crippen LogP contribution in [0.2, 0.25) is 10.0 Å². The van der Waals surface area contributed by atoms with Crippen LogP contribution in [0.3, 0.4) is 0 Å². The van der Waals surface area contributed by atoms with E-state index in [2.05, 4.69) is 9.97 Å². The van der Waals surface area contributed by atoms with Crippen molar-refractivity contribution in [2.24, 2.45) is 5.73 Å². The highest BCUT2D eigenvalue weighted by Gasteiger charge is 2.19. The van der Waals surface area contributed by atoms with Crippen LogP contribution in [-0.4, -0.2) is 9.97 Å². The lowest BCUT2D eigenvalue weighted by Gasteiger charge is -2.09. The van der Waals surface area contributed by atoms with Crippen molar-refractivity contribution < 1.29 is 4.42 Å². The molecule has 0 spiro atoms. The Labute approximate surface area is 125 Å². The molecule has 0 aliphatic heterocycles. The molecule has 0 radical (unpaired) electrons. The molecule has 1 unspecified atom stereocenters. The molecule has 102 valence electrons. The second-order valence-corrected chi connectivity index (χ2v) is 5.30. The Morgan fingerprint density at radius 1 is 1.15 bits per heavy atom. The summed E-state index contributed by atoms with van der Waals surface area (Å²) in [5.74, 6) is 0.577. The van der Waals surface area contributed by atoms with Crippen LogP contribution in [0.1, 0.15) is 23.2 Å². The summed E-state index contributed by atoms with van der Waals surface area (Å²) in [6, 6.07) is 4.75. The Morgan fingerprint density at radius 3 is 2.65 bits per heavy atom. The lowest BCUT2D eigenvalue weighted by Crippen LogP contribution is -2.14. The molecule has 0 amide bonds. The zero-order valence-corrected chi connectivity index (χ0v) is 12.1. The first-order valence-corrected chi connectivity index (χ1v) is 6.73. The van der Waals surface area contributed by atoms with Crippen LogP contribution in [0.25, 0.3) is 11.0 Å². The first-order valence-electron chi connectivity index (χ1n) is 5.98. The minimum absolute atomic E-state index is 0.460. The first kappa shape index (κ1) is 13.4. The predicted molar refractivity (Wildman–Crippen MR) is 79.0 cm³/mol. The van der Waals surface area contributed by atoms with Crippen LogP contribution >= 0.6 is 23.2 Å². The fourth-order valence-corrected chi connectivity index (χ4v) is 2.66. The van der Waals surface area contributed by atoms with Gasteiger partial charge in [0.05, 0.1) is 16.4 Å². The Balaban J connectivity index is 2.11. The number of furan rings is 1. The highest BCUT2D eigenvalue weighted by atomic mass is 35.5. The average molecular weight is 308 g/mol. The van der Waals surface area contributed by atoms with Crippen molar-refractivity contribution in [3.63, 3.8) is 0 Å². The summed E-state index contributed by atoms with van der Waals surface area (Å²) in [6.07, 6.45) is 3.23. The molecule has 4 nitrogen and oxygen atoms in total. The highest BCUT2D eigenvalue weighted by Crippen LogP contribution is 2.33. The van der Waals surface area contributed by atoms with Crippen LogP contribution in [0.15, 0.2) is 35.0 Å². The van der Waals surface area contributed by atoms with E-state index >= 15 is 0 Å². The summed E-state index contributed by atoms with van der Waals surface area (Å²) in [5, 5.41) is 1.83. The van der Waals surface area contributed by atoms with E-state index in [1.165, 1.54) is 0 Å². The molecule has 2 heterocycles. The molecule has 0 fully saturated rings. The summed E-state index contributed by atoms with van der Waals surface area (Å²) in [5.41, 5.74) is 8.21. The molecular weight excluding hydrogens is 297 g/mol. The largest absolute Gasteiger partial charge is 0.457 e. The van der Waals surface area contributed by atoms with Gasteiger partial charge in [0.25, 0.3) is 0 Å². The van der Waals surface area contributed by atoms with Crippen molar-refractivity contribution in [1.82, 2.24) is 9.97 Å². The lowest BCUT2D eigenvalue weighted by atomic mass is 10.1. The first-order chi connectivity index (χ1) is 9.56. The maximum Gasteiger partial charge on any atom is 0.153 e. The van der Waals surface area contributed by atoms with E-state index in [9.17, 15) is 0 Å². The number of hydrogen-bond acceptors (Lipinski definition) is 4. The molecule has 20 heavy (non-hydrogen) atoms. The zero-order chi connectivity index (χ0) is 14.3. The fourth-order valence-electron chi connectivity index (χ4n) is 2.11. The van der Waals surface area contributed by atoms with Gasteiger partial charge in [-0.1, -0.05) is 23.2 Å². The smallest absolute Gasteiger partial charge is 0.153 e. The Kier molecular flexibility index (Phi) is 3.38. The number of aryl methyl sites for hydroxylation is 1. The summed E-state index contributed by atoms with van der Waals surface area (Å²) < 4.78 is 5.74. The van der Waals surface area contributed by atoms with Gasteiger partial charge in [-0.3, -0.25) is 9.97 Å². The minimum Gasteiger partial charge on any atom is -0.457 e. The fraction of sp³-hybridized carbons (Fsp3) is 0.143. The van der Waals surface area contributed by atoms with E-state index in [0.29, 0.717) is 27.1 Å². The van der Waals surface area contributed by atoms with Crippen LogP contribution in [0.4, 0.5) is 0 Å². The molecule has 2 aromatic heterocycles. The van der Waals surface area contributed by atoms with Gasteiger partial charge in [0.2, 0.25) is 0 Å². The van der Waals surface area contributed by atoms with Gasteiger partial charge >= 0.3 is 0 Å². The molecule has 0 saturated carbocycles. The summed E-state index contributed by atoms with van der Waals surface area (Å²) in [7, 11) is 0. The van der Waals surface area contributed by atoms with Crippen LogP contribution in [0.5, 0.6) is 0 Å². The number of nitrogens with two attached hydrogens (primary N) is 1. The molecular formula is C14H11Cl2N3O. The van der Waals surface area contributed by atoms with E-state index in [4.69, 9.17) is 33.4 Å². The van der Waals surface area contributed by atoms with Gasteiger partial charge in [-0.25, -0.2) is 0 Å². The molecule has 0 bridgehead atoms. The summed E-state index contributed by atoms with van der Waals surface area (Å²) >= 11 is 12.1. The maximum atomic E-state index is 6.20. The van der Waals surface area contributed by atoms with E-state index < -0.39 is 6.04 Å². The van der Waals surface area contributed by atoms with Gasteiger partial charge in [-0.15, -0.1) is 0 Å². The minimum atomic E-state index is -0.494. The van der Waals surface area contributed by atoms with Crippen LogP contribution in [-0.2, 0) is 0 Å². The number of rotatable bonds is 2. The van der Waals surface area contributed by atoms with Crippen molar-refractivity contribution in [2.45, 2.75) is 13.0 Å². The zero-order valence-electron chi connectivity index (χ0n) is 10.6. The Morgan fingerprint density at radius 2 is 1.90 bits per heavy atom. The SMILES string of the molecule is Cc1nccnc1C(N)c1cc2cc(Cl)cc(Cl)c2o1. The van der Waals surface area contributed by atoms with Crippen molar-refractivity contribution in [2.75, 3.05) is 0 Å². The molecule has 2 N–H and O–H groups in total. The molecule has 6 heteroatoms. The van der Waals surface area contributed by atoms with E-state index in [0.717, 1.165) is 11.1 Å². The quantitative estimate of drug-likeness (QED) is 0.780. The third-order valence-corrected chi connectivity index (χ3v) is 3.57. The monoisotopic (exact) mass is 307 g/mol. The van der Waals surface area contributed by atoms with Crippen molar-refractivity contribution in [3.8, 4) is 0 Å². The lowest BCUT2D eigenvalue weighted by molar-refractivity contribution is 0.519. The number of nitrogens with zero attached hydrogens (tertiary/aromatic N) is 2. The van der Waals surface area contributed by atoms with Gasteiger partial charge in [-0.05, 0) is 25.1 Å². The summed E-state index contributed by atoms with van der Waals surface area (Å²) in [4.78, 5) is 8.44. The van der Waals surface area contributed by atoms with Crippen LogP contribution < -0.4 is 5.73 Å². The molecule has 0 saturated heterocycles. The normalized spacial score (nSPS) is 12.8. The second-order valence-electron chi connectivity index (χ2n) is 4.46. The number of aromatic nitrogens is 2. The third kappa shape index (κ3) is 2.26. The van der Waals surface area contributed by atoms with Gasteiger partial charge in [0, 0.05) is 22.8 Å². The highest BCUT2D eigenvalue weighted by molar-refractivity contribution is 6.38. The van der Waals surface area contributed by atoms with Crippen molar-refractivity contribution in [1.29, 1.82) is 0 Å². The second kappa shape index (κ2) is 5.05. The molecule has 3 aromatic rings. The molecule has 0 aliphatic carbocycles. The third-order valence-electron chi connectivity index (χ3n) is 3.08. The van der Waals surface area contributed by atoms with E-state index in [1.807, 2.05) is 13.0 Å². The molecule has 1 aromatic carbocycles. The molecule has 1 atom stereocenters. The number of fused-ring (bicyclic) bond motifs is 1. The van der Waals surface area contributed by atoms with Gasteiger partial charge in [-0.2, -0.15) is 0 Å². The van der Waals surface area contributed by atoms with Crippen molar-refractivity contribution in [3.05, 3.63) is 57.8 Å². The number of benzene rings is 1. The van der Waals surface area contributed by atoms with Gasteiger partial charge < -0.3 is 10.2 Å². The average Bonchev–Trinajstić information content (AvgIpc) is 2.82. The maximum absolute atomic E-state index is 6.20. The Hall–Kier alpha value is -1.62. The predicted octanol–water partition coefficient (Wildman–Crippen LogP) is 3.89. The van der Waals surface area contributed by atoms with Gasteiger partial charge in [0.1, 0.15) is 11.8 Å². The van der Waals surface area contributed by atoms with Crippen molar-refractivity contribution >= 4 is 34.2 Å². The summed E-state index contributed by atoms with van der Waals surface area (Å²) in [6.45, 7) is 1.86. The molecule has 0 aliphatic rings. The number of hydrogen-bond donors (Lipinski definition) is 1. The molecule has 3 rings (SSSR count). The topological polar surface area (TPSA) is 64.9 Å². The number of halogens is 2. The van der Waals surface area contributed by atoms with Crippen LogP contribution in [0, 0.1) is 6.92 Å². The van der Waals surface area contributed by atoms with Gasteiger partial charge in [0.15, 0.2) is 5.58 Å². The standard InChI is InChI=1S/C14H11Cl2N3O/c1-7-13(19-3-2-18-7)12(17)11-5-8-4-9(15)6-10(16)14(8)20-11/h2-6,12H,17H2,1H3.